The maximum Gasteiger partial charge on any atom is 0.0922 e. The minimum absolute atomic E-state index is 0.606. The highest BCUT2D eigenvalue weighted by Gasteiger charge is 2.14. The molecule has 3 rings (SSSR count). The molecule has 0 aliphatic heterocycles. The van der Waals surface area contributed by atoms with E-state index in [0.717, 1.165) is 4.47 Å². The van der Waals surface area contributed by atoms with Gasteiger partial charge in [-0.3, -0.25) is 0 Å². The minimum Gasteiger partial charge on any atom is -0.345 e. The van der Waals surface area contributed by atoms with Crippen LogP contribution in [0.2, 0.25) is 0 Å². The molecule has 0 atom stereocenters. The van der Waals surface area contributed by atoms with E-state index < -0.39 is 8.15 Å². The second-order valence-corrected chi connectivity index (χ2v) is 7.66. The SMILES string of the molecule is Brc1cccc(COP(c2ccccc2)c2ccccc2)c1. The first-order valence-electron chi connectivity index (χ1n) is 7.10. The Balaban J connectivity index is 1.83. The molecule has 0 aliphatic carbocycles. The second-order valence-electron chi connectivity index (χ2n) is 4.87. The summed E-state index contributed by atoms with van der Waals surface area (Å²) < 4.78 is 7.38. The van der Waals surface area contributed by atoms with E-state index in [1.165, 1.54) is 16.2 Å². The molecule has 0 bridgehead atoms. The Labute approximate surface area is 140 Å². The molecule has 0 unspecified atom stereocenters. The molecule has 0 spiro atoms. The number of hydrogen-bond donors (Lipinski definition) is 0. The minimum atomic E-state index is -0.799. The van der Waals surface area contributed by atoms with E-state index in [-0.39, 0.29) is 0 Å². The van der Waals surface area contributed by atoms with Crippen LogP contribution in [0.3, 0.4) is 0 Å². The molecular formula is C19H16BrOP. The van der Waals surface area contributed by atoms with Gasteiger partial charge in [0, 0.05) is 15.1 Å². The number of halogens is 1. The summed E-state index contributed by atoms with van der Waals surface area (Å²) in [5.74, 6) is 0. The lowest BCUT2D eigenvalue weighted by Gasteiger charge is -2.18. The van der Waals surface area contributed by atoms with Crippen molar-refractivity contribution in [3.8, 4) is 0 Å². The van der Waals surface area contributed by atoms with E-state index in [1.54, 1.807) is 0 Å². The number of benzene rings is 3. The molecule has 0 aliphatic rings. The van der Waals surface area contributed by atoms with Crippen LogP contribution in [0.1, 0.15) is 5.56 Å². The highest BCUT2D eigenvalue weighted by atomic mass is 79.9. The summed E-state index contributed by atoms with van der Waals surface area (Å²) >= 11 is 3.51. The molecule has 0 aromatic heterocycles. The third kappa shape index (κ3) is 4.04. The van der Waals surface area contributed by atoms with Gasteiger partial charge in [0.25, 0.3) is 0 Å². The Bertz CT molecular complexity index is 676. The molecule has 0 fully saturated rings. The second kappa shape index (κ2) is 7.69. The largest absolute Gasteiger partial charge is 0.345 e. The van der Waals surface area contributed by atoms with Crippen LogP contribution in [0.15, 0.2) is 89.4 Å². The van der Waals surface area contributed by atoms with Gasteiger partial charge in [-0.05, 0) is 17.7 Å². The zero-order chi connectivity index (χ0) is 15.2. The molecule has 22 heavy (non-hydrogen) atoms. The molecule has 1 nitrogen and oxygen atoms in total. The van der Waals surface area contributed by atoms with Crippen molar-refractivity contribution >= 4 is 34.7 Å². The fraction of sp³-hybridized carbons (Fsp3) is 0.0526. The first-order valence-corrected chi connectivity index (χ1v) is 9.16. The summed E-state index contributed by atoms with van der Waals surface area (Å²) in [5.41, 5.74) is 1.17. The van der Waals surface area contributed by atoms with Gasteiger partial charge < -0.3 is 4.52 Å². The number of hydrogen-bond acceptors (Lipinski definition) is 1. The summed E-state index contributed by atoms with van der Waals surface area (Å²) in [6.07, 6.45) is 0. The van der Waals surface area contributed by atoms with Crippen LogP contribution in [-0.4, -0.2) is 0 Å². The Hall–Kier alpha value is -1.47. The van der Waals surface area contributed by atoms with Crippen LogP contribution in [0, 0.1) is 0 Å². The van der Waals surface area contributed by atoms with Crippen molar-refractivity contribution in [1.82, 2.24) is 0 Å². The average molecular weight is 371 g/mol. The van der Waals surface area contributed by atoms with Crippen molar-refractivity contribution in [2.45, 2.75) is 6.61 Å². The topological polar surface area (TPSA) is 9.23 Å². The van der Waals surface area contributed by atoms with Crippen LogP contribution in [0.5, 0.6) is 0 Å². The zero-order valence-corrected chi connectivity index (χ0v) is 14.5. The van der Waals surface area contributed by atoms with Gasteiger partial charge in [-0.25, -0.2) is 0 Å². The summed E-state index contributed by atoms with van der Waals surface area (Å²) in [6, 6.07) is 29.2. The van der Waals surface area contributed by atoms with Gasteiger partial charge in [0.15, 0.2) is 0 Å². The molecule has 0 heterocycles. The molecule has 3 aromatic rings. The van der Waals surface area contributed by atoms with Gasteiger partial charge in [0.05, 0.1) is 14.8 Å². The molecular weight excluding hydrogens is 355 g/mol. The van der Waals surface area contributed by atoms with E-state index >= 15 is 0 Å². The van der Waals surface area contributed by atoms with E-state index in [4.69, 9.17) is 4.52 Å². The fourth-order valence-electron chi connectivity index (χ4n) is 2.19. The third-order valence-corrected chi connectivity index (χ3v) is 5.65. The van der Waals surface area contributed by atoms with Crippen molar-refractivity contribution in [2.75, 3.05) is 0 Å². The summed E-state index contributed by atoms with van der Waals surface area (Å²) in [5, 5.41) is 2.47. The van der Waals surface area contributed by atoms with Crippen LogP contribution in [-0.2, 0) is 11.1 Å². The van der Waals surface area contributed by atoms with Crippen molar-refractivity contribution in [3.05, 3.63) is 95.0 Å². The van der Waals surface area contributed by atoms with Gasteiger partial charge in [0.1, 0.15) is 0 Å². The van der Waals surface area contributed by atoms with E-state index in [1.807, 2.05) is 24.3 Å². The Morgan fingerprint density at radius 2 is 1.32 bits per heavy atom. The normalized spacial score (nSPS) is 10.8. The van der Waals surface area contributed by atoms with Gasteiger partial charge >= 0.3 is 0 Å². The predicted octanol–water partition coefficient (Wildman–Crippen LogP) is 5.01. The zero-order valence-electron chi connectivity index (χ0n) is 12.0. The van der Waals surface area contributed by atoms with Gasteiger partial charge in [-0.2, -0.15) is 0 Å². The van der Waals surface area contributed by atoms with E-state index in [0.29, 0.717) is 6.61 Å². The van der Waals surface area contributed by atoms with E-state index in [9.17, 15) is 0 Å². The summed E-state index contributed by atoms with van der Waals surface area (Å²) in [6.45, 7) is 0.606. The maximum atomic E-state index is 6.30. The molecule has 0 saturated carbocycles. The lowest BCUT2D eigenvalue weighted by molar-refractivity contribution is 0.350. The van der Waals surface area contributed by atoms with Crippen LogP contribution < -0.4 is 10.6 Å². The Morgan fingerprint density at radius 3 is 1.86 bits per heavy atom. The molecule has 3 heteroatoms. The Kier molecular flexibility index (Phi) is 5.39. The summed E-state index contributed by atoms with van der Waals surface area (Å²) in [7, 11) is -0.799. The number of rotatable bonds is 5. The Morgan fingerprint density at radius 1 is 0.727 bits per heavy atom. The molecule has 3 aromatic carbocycles. The standard InChI is InChI=1S/C19H16BrOP/c20-17-9-7-8-16(14-17)15-21-22(18-10-3-1-4-11-18)19-12-5-2-6-13-19/h1-14H,15H2. The van der Waals surface area contributed by atoms with Crippen molar-refractivity contribution < 1.29 is 4.52 Å². The molecule has 0 N–H and O–H groups in total. The van der Waals surface area contributed by atoms with Gasteiger partial charge in [0.2, 0.25) is 0 Å². The summed E-state index contributed by atoms with van der Waals surface area (Å²) in [4.78, 5) is 0. The molecule has 0 amide bonds. The van der Waals surface area contributed by atoms with Crippen LogP contribution in [0.4, 0.5) is 0 Å². The predicted molar refractivity (Wildman–Crippen MR) is 98.0 cm³/mol. The van der Waals surface area contributed by atoms with Crippen molar-refractivity contribution in [2.24, 2.45) is 0 Å². The van der Waals surface area contributed by atoms with Gasteiger partial charge in [-0.15, -0.1) is 0 Å². The quantitative estimate of drug-likeness (QED) is 0.573. The average Bonchev–Trinajstić information content (AvgIpc) is 2.57. The van der Waals surface area contributed by atoms with Crippen molar-refractivity contribution in [3.63, 3.8) is 0 Å². The fourth-order valence-corrected chi connectivity index (χ4v) is 4.40. The lowest BCUT2D eigenvalue weighted by atomic mass is 10.2. The highest BCUT2D eigenvalue weighted by molar-refractivity contribution is 9.10. The first-order chi connectivity index (χ1) is 10.8. The van der Waals surface area contributed by atoms with Crippen molar-refractivity contribution in [1.29, 1.82) is 0 Å². The first kappa shape index (κ1) is 15.4. The smallest absolute Gasteiger partial charge is 0.0922 e. The highest BCUT2D eigenvalue weighted by Crippen LogP contribution is 2.36. The molecule has 0 saturated heterocycles. The lowest BCUT2D eigenvalue weighted by Crippen LogP contribution is -2.13. The van der Waals surface area contributed by atoms with Crippen LogP contribution in [0.25, 0.3) is 0 Å². The van der Waals surface area contributed by atoms with Crippen LogP contribution >= 0.6 is 24.1 Å². The molecule has 110 valence electrons. The maximum absolute atomic E-state index is 6.30. The molecule has 0 radical (unpaired) electrons. The monoisotopic (exact) mass is 370 g/mol. The third-order valence-electron chi connectivity index (χ3n) is 3.23. The van der Waals surface area contributed by atoms with E-state index in [2.05, 4.69) is 76.6 Å². The van der Waals surface area contributed by atoms with Gasteiger partial charge in [-0.1, -0.05) is 88.7 Å².